The fraction of sp³-hybridized carbons (Fsp3) is 0.231. The third kappa shape index (κ3) is 4.13. The van der Waals surface area contributed by atoms with Crippen LogP contribution in [0.15, 0.2) is 28.7 Å². The molecular weight excluding hydrogens is 349 g/mol. The molecule has 2 rings (SSSR count). The second-order valence-corrected chi connectivity index (χ2v) is 5.18. The van der Waals surface area contributed by atoms with E-state index in [1.54, 1.807) is 12.1 Å². The molecule has 0 unspecified atom stereocenters. The SMILES string of the molecule is CCOCc1nc(Cl)cc(Nc2ccc(Br)cc2F)n1. The summed E-state index contributed by atoms with van der Waals surface area (Å²) in [5, 5.41) is 3.14. The highest BCUT2D eigenvalue weighted by molar-refractivity contribution is 9.10. The standard InChI is InChI=1S/C13H12BrClFN3O/c1-2-20-7-13-18-11(15)6-12(19-13)17-10-4-3-8(14)5-9(10)16/h3-6H,2,7H2,1H3,(H,17,18,19). The topological polar surface area (TPSA) is 47.0 Å². The van der Waals surface area contributed by atoms with Gasteiger partial charge in [-0.15, -0.1) is 0 Å². The van der Waals surface area contributed by atoms with Gasteiger partial charge in [-0.2, -0.15) is 0 Å². The lowest BCUT2D eigenvalue weighted by molar-refractivity contribution is 0.128. The zero-order valence-electron chi connectivity index (χ0n) is 10.7. The van der Waals surface area contributed by atoms with E-state index in [-0.39, 0.29) is 17.6 Å². The highest BCUT2D eigenvalue weighted by Gasteiger charge is 2.07. The van der Waals surface area contributed by atoms with Crippen molar-refractivity contribution in [2.45, 2.75) is 13.5 Å². The summed E-state index contributed by atoms with van der Waals surface area (Å²) in [5.41, 5.74) is 0.310. The van der Waals surface area contributed by atoms with Crippen molar-refractivity contribution in [3.05, 3.63) is 45.5 Å². The van der Waals surface area contributed by atoms with E-state index in [1.807, 2.05) is 6.92 Å². The lowest BCUT2D eigenvalue weighted by Gasteiger charge is -2.09. The molecule has 1 aromatic heterocycles. The fourth-order valence-corrected chi connectivity index (χ4v) is 2.05. The molecule has 1 heterocycles. The molecule has 0 aliphatic rings. The molecule has 2 aromatic rings. The molecule has 0 aliphatic heterocycles. The third-order valence-electron chi connectivity index (χ3n) is 2.37. The summed E-state index contributed by atoms with van der Waals surface area (Å²) in [7, 11) is 0. The van der Waals surface area contributed by atoms with Crippen LogP contribution in [0.5, 0.6) is 0 Å². The Balaban J connectivity index is 2.21. The van der Waals surface area contributed by atoms with Crippen molar-refractivity contribution < 1.29 is 9.13 Å². The summed E-state index contributed by atoms with van der Waals surface area (Å²) in [4.78, 5) is 8.26. The second-order valence-electron chi connectivity index (χ2n) is 3.88. The largest absolute Gasteiger partial charge is 0.374 e. The maximum atomic E-state index is 13.7. The van der Waals surface area contributed by atoms with Gasteiger partial charge in [-0.05, 0) is 25.1 Å². The summed E-state index contributed by atoms with van der Waals surface area (Å²) in [6.07, 6.45) is 0. The van der Waals surface area contributed by atoms with Crippen LogP contribution < -0.4 is 5.32 Å². The minimum absolute atomic E-state index is 0.258. The highest BCUT2D eigenvalue weighted by Crippen LogP contribution is 2.23. The van der Waals surface area contributed by atoms with Gasteiger partial charge in [0.2, 0.25) is 0 Å². The van der Waals surface area contributed by atoms with Crippen molar-refractivity contribution in [2.24, 2.45) is 0 Å². The second kappa shape index (κ2) is 6.97. The van der Waals surface area contributed by atoms with Crippen LogP contribution >= 0.6 is 27.5 Å². The molecule has 0 spiro atoms. The Morgan fingerprint density at radius 1 is 1.35 bits per heavy atom. The van der Waals surface area contributed by atoms with E-state index < -0.39 is 0 Å². The van der Waals surface area contributed by atoms with Crippen molar-refractivity contribution in [1.82, 2.24) is 9.97 Å². The zero-order valence-corrected chi connectivity index (χ0v) is 13.0. The molecule has 7 heteroatoms. The first kappa shape index (κ1) is 15.2. The van der Waals surface area contributed by atoms with Crippen molar-refractivity contribution in [3.8, 4) is 0 Å². The first-order valence-corrected chi connectivity index (χ1v) is 7.09. The molecule has 0 bridgehead atoms. The van der Waals surface area contributed by atoms with Gasteiger partial charge in [0.1, 0.15) is 23.4 Å². The molecule has 1 aromatic carbocycles. The maximum Gasteiger partial charge on any atom is 0.158 e. The van der Waals surface area contributed by atoms with E-state index >= 15 is 0 Å². The lowest BCUT2D eigenvalue weighted by atomic mass is 10.3. The fourth-order valence-electron chi connectivity index (χ4n) is 1.52. The van der Waals surface area contributed by atoms with Gasteiger partial charge in [0.05, 0.1) is 5.69 Å². The van der Waals surface area contributed by atoms with Crippen molar-refractivity contribution in [2.75, 3.05) is 11.9 Å². The minimum Gasteiger partial charge on any atom is -0.374 e. The number of hydrogen-bond acceptors (Lipinski definition) is 4. The number of aromatic nitrogens is 2. The Morgan fingerprint density at radius 2 is 2.15 bits per heavy atom. The van der Waals surface area contributed by atoms with Crippen LogP contribution in [0.1, 0.15) is 12.7 Å². The molecule has 0 aliphatic carbocycles. The van der Waals surface area contributed by atoms with Crippen molar-refractivity contribution >= 4 is 39.0 Å². The van der Waals surface area contributed by atoms with Gasteiger partial charge in [-0.3, -0.25) is 0 Å². The van der Waals surface area contributed by atoms with Crippen LogP contribution in [0.2, 0.25) is 5.15 Å². The quantitative estimate of drug-likeness (QED) is 0.807. The normalized spacial score (nSPS) is 10.6. The van der Waals surface area contributed by atoms with Crippen LogP contribution in [-0.4, -0.2) is 16.6 Å². The van der Waals surface area contributed by atoms with E-state index in [0.717, 1.165) is 0 Å². The van der Waals surface area contributed by atoms with Crippen LogP contribution in [0.3, 0.4) is 0 Å². The Labute approximate surface area is 129 Å². The molecule has 4 nitrogen and oxygen atoms in total. The Bertz CT molecular complexity index is 612. The Hall–Kier alpha value is -1.24. The van der Waals surface area contributed by atoms with Crippen LogP contribution in [0.4, 0.5) is 15.9 Å². The molecule has 0 atom stereocenters. The molecule has 0 saturated heterocycles. The zero-order chi connectivity index (χ0) is 14.5. The van der Waals surface area contributed by atoms with E-state index in [0.29, 0.717) is 28.4 Å². The van der Waals surface area contributed by atoms with Gasteiger partial charge in [0, 0.05) is 17.1 Å². The third-order valence-corrected chi connectivity index (χ3v) is 3.06. The number of hydrogen-bond donors (Lipinski definition) is 1. The summed E-state index contributed by atoms with van der Waals surface area (Å²) in [6.45, 7) is 2.69. The van der Waals surface area contributed by atoms with Gasteiger partial charge in [-0.25, -0.2) is 14.4 Å². The van der Waals surface area contributed by atoms with Crippen molar-refractivity contribution in [1.29, 1.82) is 0 Å². The van der Waals surface area contributed by atoms with E-state index in [1.165, 1.54) is 12.1 Å². The van der Waals surface area contributed by atoms with Crippen molar-refractivity contribution in [3.63, 3.8) is 0 Å². The molecule has 0 fully saturated rings. The number of nitrogens with zero attached hydrogens (tertiary/aromatic N) is 2. The van der Waals surface area contributed by atoms with Gasteiger partial charge in [0.15, 0.2) is 5.82 Å². The summed E-state index contributed by atoms with van der Waals surface area (Å²) < 4.78 is 19.6. The Kier molecular flexibility index (Phi) is 5.28. The number of anilines is 2. The van der Waals surface area contributed by atoms with Crippen LogP contribution in [-0.2, 0) is 11.3 Å². The number of benzene rings is 1. The predicted molar refractivity (Wildman–Crippen MR) is 79.8 cm³/mol. The van der Waals surface area contributed by atoms with E-state index in [9.17, 15) is 4.39 Å². The number of ether oxygens (including phenoxy) is 1. The number of halogens is 3. The van der Waals surface area contributed by atoms with E-state index in [4.69, 9.17) is 16.3 Å². The number of nitrogens with one attached hydrogen (secondary N) is 1. The van der Waals surface area contributed by atoms with Gasteiger partial charge in [0.25, 0.3) is 0 Å². The predicted octanol–water partition coefficient (Wildman–Crippen LogP) is 4.31. The monoisotopic (exact) mass is 359 g/mol. The van der Waals surface area contributed by atoms with Gasteiger partial charge >= 0.3 is 0 Å². The van der Waals surface area contributed by atoms with E-state index in [2.05, 4.69) is 31.2 Å². The first-order chi connectivity index (χ1) is 9.58. The molecule has 106 valence electrons. The minimum atomic E-state index is -0.388. The van der Waals surface area contributed by atoms with Crippen LogP contribution in [0.25, 0.3) is 0 Å². The molecule has 20 heavy (non-hydrogen) atoms. The number of rotatable bonds is 5. The summed E-state index contributed by atoms with van der Waals surface area (Å²) in [5.74, 6) is 0.473. The average Bonchev–Trinajstić information content (AvgIpc) is 2.39. The maximum absolute atomic E-state index is 13.7. The molecule has 0 radical (unpaired) electrons. The molecule has 1 N–H and O–H groups in total. The first-order valence-electron chi connectivity index (χ1n) is 5.91. The highest BCUT2D eigenvalue weighted by atomic mass is 79.9. The Morgan fingerprint density at radius 3 is 2.85 bits per heavy atom. The molecule has 0 saturated carbocycles. The van der Waals surface area contributed by atoms with Gasteiger partial charge < -0.3 is 10.1 Å². The lowest BCUT2D eigenvalue weighted by Crippen LogP contribution is -2.03. The molecular formula is C13H12BrClFN3O. The van der Waals surface area contributed by atoms with Crippen LogP contribution in [0, 0.1) is 5.82 Å². The smallest absolute Gasteiger partial charge is 0.158 e. The summed E-state index contributed by atoms with van der Waals surface area (Å²) in [6, 6.07) is 6.23. The summed E-state index contributed by atoms with van der Waals surface area (Å²) >= 11 is 9.11. The van der Waals surface area contributed by atoms with Gasteiger partial charge in [-0.1, -0.05) is 27.5 Å². The average molecular weight is 361 g/mol. The molecule has 0 amide bonds.